The molecule has 0 aromatic heterocycles. The van der Waals surface area contributed by atoms with Crippen LogP contribution in [-0.4, -0.2) is 13.7 Å². The number of hydrogen-bond acceptors (Lipinski definition) is 2. The van der Waals surface area contributed by atoms with Gasteiger partial charge in [0, 0.05) is 11.6 Å². The van der Waals surface area contributed by atoms with E-state index in [1.165, 1.54) is 7.11 Å². The van der Waals surface area contributed by atoms with Gasteiger partial charge in [-0.05, 0) is 13.0 Å². The van der Waals surface area contributed by atoms with Crippen LogP contribution in [0.2, 0.25) is 5.02 Å². The highest BCUT2D eigenvalue weighted by Gasteiger charge is 2.16. The van der Waals surface area contributed by atoms with Gasteiger partial charge in [0.2, 0.25) is 0 Å². The van der Waals surface area contributed by atoms with Gasteiger partial charge in [0.25, 0.3) is 0 Å². The lowest BCUT2D eigenvalue weighted by molar-refractivity contribution is 0.405. The molecule has 0 aliphatic heterocycles. The Kier molecular flexibility index (Phi) is 3.66. The first kappa shape index (κ1) is 11.2. The van der Waals surface area contributed by atoms with Crippen molar-refractivity contribution >= 4 is 11.6 Å². The molecule has 0 aliphatic rings. The second-order valence-corrected chi connectivity index (χ2v) is 3.08. The molecule has 0 saturated heterocycles. The summed E-state index contributed by atoms with van der Waals surface area (Å²) in [6.45, 7) is 0.163. The molecule has 0 saturated carbocycles. The van der Waals surface area contributed by atoms with E-state index in [1.54, 1.807) is 0 Å². The van der Waals surface area contributed by atoms with Crippen LogP contribution in [0.15, 0.2) is 6.07 Å². The molecule has 78 valence electrons. The fourth-order valence-electron chi connectivity index (χ4n) is 1.13. The average Bonchev–Trinajstić information content (AvgIpc) is 2.18. The zero-order valence-corrected chi connectivity index (χ0v) is 8.37. The minimum absolute atomic E-state index is 0.0116. The Morgan fingerprint density at radius 1 is 1.50 bits per heavy atom. The van der Waals surface area contributed by atoms with Crippen LogP contribution < -0.4 is 10.5 Å². The van der Waals surface area contributed by atoms with Crippen molar-refractivity contribution in [2.75, 3.05) is 13.7 Å². The summed E-state index contributed by atoms with van der Waals surface area (Å²) in [4.78, 5) is 0. The summed E-state index contributed by atoms with van der Waals surface area (Å²) in [5, 5.41) is -0.211. The lowest BCUT2D eigenvalue weighted by atomic mass is 10.1. The van der Waals surface area contributed by atoms with Crippen LogP contribution in [0.4, 0.5) is 8.78 Å². The quantitative estimate of drug-likeness (QED) is 0.794. The predicted molar refractivity (Wildman–Crippen MR) is 50.7 cm³/mol. The highest BCUT2D eigenvalue weighted by molar-refractivity contribution is 6.32. The van der Waals surface area contributed by atoms with Crippen molar-refractivity contribution in [1.82, 2.24) is 0 Å². The molecule has 5 heteroatoms. The third-order valence-electron chi connectivity index (χ3n) is 1.83. The van der Waals surface area contributed by atoms with Crippen LogP contribution in [-0.2, 0) is 6.42 Å². The number of rotatable bonds is 3. The SMILES string of the molecule is COc1cc(F)c(CCN)c(F)c1Cl. The smallest absolute Gasteiger partial charge is 0.151 e. The van der Waals surface area contributed by atoms with Gasteiger partial charge in [-0.2, -0.15) is 0 Å². The van der Waals surface area contributed by atoms with Gasteiger partial charge in [0.1, 0.15) is 16.6 Å². The molecule has 1 aromatic rings. The van der Waals surface area contributed by atoms with Crippen LogP contribution in [0.25, 0.3) is 0 Å². The number of nitrogens with two attached hydrogens (primary N) is 1. The van der Waals surface area contributed by atoms with Crippen molar-refractivity contribution in [1.29, 1.82) is 0 Å². The molecule has 0 unspecified atom stereocenters. The molecule has 2 nitrogen and oxygen atoms in total. The van der Waals surface area contributed by atoms with Gasteiger partial charge < -0.3 is 10.5 Å². The Morgan fingerprint density at radius 3 is 2.64 bits per heavy atom. The molecule has 0 radical (unpaired) electrons. The summed E-state index contributed by atoms with van der Waals surface area (Å²) < 4.78 is 31.3. The first-order chi connectivity index (χ1) is 6.61. The molecule has 1 rings (SSSR count). The summed E-state index contributed by atoms with van der Waals surface area (Å²) in [6.07, 6.45) is 0.112. The van der Waals surface area contributed by atoms with Gasteiger partial charge in [-0.3, -0.25) is 0 Å². The third kappa shape index (κ3) is 1.96. The molecule has 0 aliphatic carbocycles. The van der Waals surface area contributed by atoms with E-state index in [-0.39, 0.29) is 29.3 Å². The van der Waals surface area contributed by atoms with E-state index in [4.69, 9.17) is 22.1 Å². The molecule has 0 atom stereocenters. The normalized spacial score (nSPS) is 10.4. The third-order valence-corrected chi connectivity index (χ3v) is 2.19. The Morgan fingerprint density at radius 2 is 2.14 bits per heavy atom. The lowest BCUT2D eigenvalue weighted by Crippen LogP contribution is -2.07. The highest BCUT2D eigenvalue weighted by atomic mass is 35.5. The maximum Gasteiger partial charge on any atom is 0.151 e. The van der Waals surface area contributed by atoms with Gasteiger partial charge in [-0.1, -0.05) is 11.6 Å². The number of halogens is 3. The molecule has 0 bridgehead atoms. The van der Waals surface area contributed by atoms with Gasteiger partial charge in [0.15, 0.2) is 5.82 Å². The van der Waals surface area contributed by atoms with Crippen LogP contribution in [0.3, 0.4) is 0 Å². The Labute approximate surface area is 85.6 Å². The van der Waals surface area contributed by atoms with E-state index in [9.17, 15) is 8.78 Å². The second kappa shape index (κ2) is 4.57. The van der Waals surface area contributed by atoms with E-state index in [0.717, 1.165) is 6.07 Å². The summed E-state index contributed by atoms with van der Waals surface area (Å²) in [6, 6.07) is 1.05. The first-order valence-electron chi connectivity index (χ1n) is 4.02. The molecule has 0 spiro atoms. The maximum atomic E-state index is 13.4. The van der Waals surface area contributed by atoms with E-state index < -0.39 is 11.6 Å². The van der Waals surface area contributed by atoms with E-state index in [0.29, 0.717) is 0 Å². The zero-order chi connectivity index (χ0) is 10.7. The van der Waals surface area contributed by atoms with Gasteiger partial charge in [0.05, 0.1) is 7.11 Å². The molecule has 14 heavy (non-hydrogen) atoms. The van der Waals surface area contributed by atoms with Crippen LogP contribution in [0.1, 0.15) is 5.56 Å². The largest absolute Gasteiger partial charge is 0.495 e. The molecular weight excluding hydrogens is 212 g/mol. The van der Waals surface area contributed by atoms with Crippen LogP contribution >= 0.6 is 11.6 Å². The molecule has 0 amide bonds. The molecular formula is C9H10ClF2NO. The number of benzene rings is 1. The Hall–Kier alpha value is -0.870. The molecule has 0 fully saturated rings. The first-order valence-corrected chi connectivity index (χ1v) is 4.40. The summed E-state index contributed by atoms with van der Waals surface area (Å²) in [5.74, 6) is -1.49. The minimum Gasteiger partial charge on any atom is -0.495 e. The van der Waals surface area contributed by atoms with Crippen LogP contribution in [0.5, 0.6) is 5.75 Å². The average molecular weight is 222 g/mol. The lowest BCUT2D eigenvalue weighted by Gasteiger charge is -2.09. The van der Waals surface area contributed by atoms with Crippen molar-refractivity contribution < 1.29 is 13.5 Å². The number of methoxy groups -OCH3 is 1. The monoisotopic (exact) mass is 221 g/mol. The maximum absolute atomic E-state index is 13.4. The molecule has 1 aromatic carbocycles. The fourth-order valence-corrected chi connectivity index (χ4v) is 1.38. The number of hydrogen-bond donors (Lipinski definition) is 1. The molecule has 0 heterocycles. The summed E-state index contributed by atoms with van der Waals surface area (Å²) >= 11 is 5.60. The standard InChI is InChI=1S/C9H10ClF2NO/c1-14-7-4-6(11)5(2-3-13)9(12)8(7)10/h4H,2-3,13H2,1H3. The predicted octanol–water partition coefficient (Wildman–Crippen LogP) is 2.13. The van der Waals surface area contributed by atoms with E-state index >= 15 is 0 Å². The minimum atomic E-state index is -0.797. The van der Waals surface area contributed by atoms with Crippen molar-refractivity contribution in [3.63, 3.8) is 0 Å². The Balaban J connectivity index is 3.26. The second-order valence-electron chi connectivity index (χ2n) is 2.71. The van der Waals surface area contributed by atoms with Crippen molar-refractivity contribution in [3.05, 3.63) is 28.3 Å². The highest BCUT2D eigenvalue weighted by Crippen LogP contribution is 2.31. The molecule has 2 N–H and O–H groups in total. The zero-order valence-electron chi connectivity index (χ0n) is 7.61. The van der Waals surface area contributed by atoms with Gasteiger partial charge in [-0.15, -0.1) is 0 Å². The van der Waals surface area contributed by atoms with Gasteiger partial charge >= 0.3 is 0 Å². The van der Waals surface area contributed by atoms with E-state index in [1.807, 2.05) is 0 Å². The van der Waals surface area contributed by atoms with Crippen molar-refractivity contribution in [2.45, 2.75) is 6.42 Å². The van der Waals surface area contributed by atoms with Crippen LogP contribution in [0, 0.1) is 11.6 Å². The van der Waals surface area contributed by atoms with Crippen molar-refractivity contribution in [2.24, 2.45) is 5.73 Å². The van der Waals surface area contributed by atoms with Gasteiger partial charge in [-0.25, -0.2) is 8.78 Å². The number of ether oxygens (including phenoxy) is 1. The Bertz CT molecular complexity index is 344. The summed E-state index contributed by atoms with van der Waals surface area (Å²) in [7, 11) is 1.29. The fraction of sp³-hybridized carbons (Fsp3) is 0.333. The topological polar surface area (TPSA) is 35.2 Å². The van der Waals surface area contributed by atoms with Crippen molar-refractivity contribution in [3.8, 4) is 5.75 Å². The summed E-state index contributed by atoms with van der Waals surface area (Å²) in [5.41, 5.74) is 5.11. The van der Waals surface area contributed by atoms with E-state index in [2.05, 4.69) is 0 Å².